The summed E-state index contributed by atoms with van der Waals surface area (Å²) >= 11 is 0. The second kappa shape index (κ2) is 9.77. The number of amidine groups is 1. The fourth-order valence-electron chi connectivity index (χ4n) is 4.13. The molecule has 2 N–H and O–H groups in total. The monoisotopic (exact) mass is 462 g/mol. The lowest BCUT2D eigenvalue weighted by molar-refractivity contribution is 0.460. The van der Waals surface area contributed by atoms with Gasteiger partial charge in [-0.3, -0.25) is 0 Å². The maximum absolute atomic E-state index is 11.8. The molecule has 0 aromatic heterocycles. The van der Waals surface area contributed by atoms with Crippen LogP contribution in [-0.4, -0.2) is 38.6 Å². The molecule has 2 aromatic rings. The van der Waals surface area contributed by atoms with Gasteiger partial charge >= 0.3 is 0 Å². The van der Waals surface area contributed by atoms with Gasteiger partial charge in [0.25, 0.3) is 0 Å². The van der Waals surface area contributed by atoms with E-state index >= 15 is 0 Å². The number of sulfone groups is 1. The number of allylic oxidation sites excluding steroid dienone is 3. The molecule has 0 radical (unpaired) electrons. The molecular formula is C26H30N4O2S. The summed E-state index contributed by atoms with van der Waals surface area (Å²) in [4.78, 5) is 0.290. The quantitative estimate of drug-likeness (QED) is 0.496. The zero-order valence-corrected chi connectivity index (χ0v) is 19.9. The lowest BCUT2D eigenvalue weighted by Crippen LogP contribution is -2.26. The number of benzene rings is 2. The average Bonchev–Trinajstić information content (AvgIpc) is 2.81. The van der Waals surface area contributed by atoms with Gasteiger partial charge < -0.3 is 10.6 Å². The number of rotatable bonds is 5. The Bertz CT molecular complexity index is 1200. The zero-order valence-electron chi connectivity index (χ0n) is 19.1. The maximum atomic E-state index is 11.8. The van der Waals surface area contributed by atoms with E-state index in [0.29, 0.717) is 5.92 Å². The van der Waals surface area contributed by atoms with Gasteiger partial charge in [-0.1, -0.05) is 36.9 Å². The van der Waals surface area contributed by atoms with Crippen molar-refractivity contribution in [1.82, 2.24) is 10.3 Å². The van der Waals surface area contributed by atoms with E-state index in [9.17, 15) is 8.42 Å². The highest BCUT2D eigenvalue weighted by Gasteiger charge is 2.18. The van der Waals surface area contributed by atoms with Gasteiger partial charge in [0.2, 0.25) is 0 Å². The zero-order chi connectivity index (χ0) is 23.4. The number of hydrogen-bond donors (Lipinski definition) is 2. The Morgan fingerprint density at radius 2 is 1.76 bits per heavy atom. The van der Waals surface area contributed by atoms with Crippen LogP contribution in [0.5, 0.6) is 0 Å². The van der Waals surface area contributed by atoms with Crippen LogP contribution in [0.15, 0.2) is 89.0 Å². The topological polar surface area (TPSA) is 73.8 Å². The number of hydrogen-bond acceptors (Lipinski definition) is 5. The molecular weight excluding hydrogens is 432 g/mol. The van der Waals surface area contributed by atoms with E-state index in [-0.39, 0.29) is 4.90 Å². The summed E-state index contributed by atoms with van der Waals surface area (Å²) in [5.41, 5.74) is 4.77. The Hall–Kier alpha value is -3.16. The van der Waals surface area contributed by atoms with Crippen molar-refractivity contribution in [3.63, 3.8) is 0 Å². The molecule has 0 saturated carbocycles. The van der Waals surface area contributed by atoms with Crippen LogP contribution in [-0.2, 0) is 9.84 Å². The van der Waals surface area contributed by atoms with Gasteiger partial charge in [0.1, 0.15) is 5.84 Å². The van der Waals surface area contributed by atoms with Crippen molar-refractivity contribution in [2.75, 3.05) is 24.7 Å². The minimum absolute atomic E-state index is 0.290. The Kier molecular flexibility index (Phi) is 6.81. The Labute approximate surface area is 196 Å². The Balaban J connectivity index is 1.50. The van der Waals surface area contributed by atoms with Crippen LogP contribution in [0, 0.1) is 0 Å². The second-order valence-corrected chi connectivity index (χ2v) is 10.5. The van der Waals surface area contributed by atoms with Crippen molar-refractivity contribution < 1.29 is 8.42 Å². The van der Waals surface area contributed by atoms with Gasteiger partial charge in [-0.2, -0.15) is 5.10 Å². The number of hydrazone groups is 1. The highest BCUT2D eigenvalue weighted by Crippen LogP contribution is 2.29. The molecule has 0 amide bonds. The van der Waals surface area contributed by atoms with Crippen LogP contribution in [0.1, 0.15) is 36.8 Å². The predicted octanol–water partition coefficient (Wildman–Crippen LogP) is 4.73. The van der Waals surface area contributed by atoms with Crippen LogP contribution in [0.2, 0.25) is 0 Å². The lowest BCUT2D eigenvalue weighted by Gasteiger charge is -2.26. The lowest BCUT2D eigenvalue weighted by atomic mass is 9.90. The van der Waals surface area contributed by atoms with Crippen molar-refractivity contribution >= 4 is 27.1 Å². The van der Waals surface area contributed by atoms with Crippen LogP contribution in [0.3, 0.4) is 0 Å². The minimum atomic E-state index is -3.24. The van der Waals surface area contributed by atoms with E-state index in [4.69, 9.17) is 5.10 Å². The smallest absolute Gasteiger partial charge is 0.175 e. The summed E-state index contributed by atoms with van der Waals surface area (Å²) in [6.07, 6.45) is 9.30. The molecule has 0 spiro atoms. The summed E-state index contributed by atoms with van der Waals surface area (Å²) in [7, 11) is -3.24. The molecule has 1 saturated heterocycles. The minimum Gasteiger partial charge on any atom is -0.343 e. The van der Waals surface area contributed by atoms with Gasteiger partial charge in [-0.25, -0.2) is 13.4 Å². The largest absolute Gasteiger partial charge is 0.343 e. The van der Waals surface area contributed by atoms with E-state index < -0.39 is 9.84 Å². The van der Waals surface area contributed by atoms with Crippen molar-refractivity contribution in [1.29, 1.82) is 0 Å². The standard InChI is InChI=1S/C26H30N4O2S/c1-19-5-4-6-26(23-9-13-25(14-10-23)33(3,31)32)30(19)29-20(2)28-24-11-7-21(8-12-24)22-15-17-27-18-16-22/h4-14,22,27H,1,15-18H2,2-3H3,(H,28,29). The van der Waals surface area contributed by atoms with E-state index in [1.165, 1.54) is 24.7 Å². The van der Waals surface area contributed by atoms with Crippen LogP contribution < -0.4 is 10.6 Å². The molecule has 7 heteroatoms. The molecule has 0 aliphatic carbocycles. The molecule has 1 fully saturated rings. The summed E-state index contributed by atoms with van der Waals surface area (Å²) in [5.74, 6) is 1.35. The van der Waals surface area contributed by atoms with Gasteiger partial charge in [0.05, 0.1) is 16.3 Å². The molecule has 0 bridgehead atoms. The number of piperidine rings is 1. The van der Waals surface area contributed by atoms with E-state index in [0.717, 1.165) is 41.6 Å². The fraction of sp³-hybridized carbons (Fsp3) is 0.269. The van der Waals surface area contributed by atoms with E-state index in [1.54, 1.807) is 29.3 Å². The molecule has 4 rings (SSSR count). The molecule has 33 heavy (non-hydrogen) atoms. The van der Waals surface area contributed by atoms with Crippen LogP contribution in [0.25, 0.3) is 5.70 Å². The number of nitrogens with zero attached hydrogens (tertiary/aromatic N) is 2. The van der Waals surface area contributed by atoms with Crippen molar-refractivity contribution in [2.45, 2.75) is 30.6 Å². The highest BCUT2D eigenvalue weighted by molar-refractivity contribution is 7.90. The number of anilines is 1. The van der Waals surface area contributed by atoms with Gasteiger partial charge in [-0.05, 0) is 80.8 Å². The Morgan fingerprint density at radius 3 is 2.39 bits per heavy atom. The van der Waals surface area contributed by atoms with Gasteiger partial charge in [0, 0.05) is 17.5 Å². The number of nitrogens with one attached hydrogen (secondary N) is 2. The first-order valence-corrected chi connectivity index (χ1v) is 13.0. The third-order valence-corrected chi connectivity index (χ3v) is 7.05. The van der Waals surface area contributed by atoms with E-state index in [1.807, 2.05) is 25.2 Å². The molecule has 2 aliphatic rings. The third kappa shape index (κ3) is 5.61. The fourth-order valence-corrected chi connectivity index (χ4v) is 4.76. The third-order valence-electron chi connectivity index (χ3n) is 5.92. The molecule has 2 heterocycles. The molecule has 172 valence electrons. The van der Waals surface area contributed by atoms with Gasteiger partial charge in [-0.15, -0.1) is 0 Å². The summed E-state index contributed by atoms with van der Waals surface area (Å²) in [6, 6.07) is 15.4. The summed E-state index contributed by atoms with van der Waals surface area (Å²) in [6.45, 7) is 8.19. The maximum Gasteiger partial charge on any atom is 0.175 e. The van der Waals surface area contributed by atoms with Crippen molar-refractivity contribution in [3.05, 3.63) is 90.2 Å². The van der Waals surface area contributed by atoms with Crippen LogP contribution >= 0.6 is 0 Å². The normalized spacial score (nSPS) is 17.8. The Morgan fingerprint density at radius 1 is 1.09 bits per heavy atom. The first kappa shape index (κ1) is 23.0. The van der Waals surface area contributed by atoms with Gasteiger partial charge in [0.15, 0.2) is 9.84 Å². The SMILES string of the molecule is C=C1C=CC=C(c2ccc(S(C)(=O)=O)cc2)N1/N=C(\C)Nc1ccc(C2CCNCC2)cc1. The molecule has 0 unspecified atom stereocenters. The van der Waals surface area contributed by atoms with E-state index in [2.05, 4.69) is 41.5 Å². The average molecular weight is 463 g/mol. The van der Waals surface area contributed by atoms with Crippen LogP contribution in [0.4, 0.5) is 5.69 Å². The molecule has 0 atom stereocenters. The highest BCUT2D eigenvalue weighted by atomic mass is 32.2. The molecule has 6 nitrogen and oxygen atoms in total. The van der Waals surface area contributed by atoms with Crippen molar-refractivity contribution in [2.24, 2.45) is 5.10 Å². The molecule has 2 aliphatic heterocycles. The van der Waals surface area contributed by atoms with Crippen molar-refractivity contribution in [3.8, 4) is 0 Å². The second-order valence-electron chi connectivity index (χ2n) is 8.47. The first-order chi connectivity index (χ1) is 15.8. The summed E-state index contributed by atoms with van der Waals surface area (Å²) in [5, 5.41) is 13.3. The molecule has 2 aromatic carbocycles. The summed E-state index contributed by atoms with van der Waals surface area (Å²) < 4.78 is 23.6. The first-order valence-electron chi connectivity index (χ1n) is 11.1. The predicted molar refractivity (Wildman–Crippen MR) is 136 cm³/mol.